The molecule has 7 nitrogen and oxygen atoms in total. The number of benzene rings is 1. The number of amides is 1. The van der Waals surface area contributed by atoms with Gasteiger partial charge in [0, 0.05) is 5.02 Å². The number of carbonyl (C=O) groups is 2. The molecule has 2 atom stereocenters. The number of carboxylic acid groups (broad SMARTS) is 1. The summed E-state index contributed by atoms with van der Waals surface area (Å²) in [7, 11) is 0. The highest BCUT2D eigenvalue weighted by Crippen LogP contribution is 2.26. The maximum atomic E-state index is 12.9. The normalized spacial score (nSPS) is 18.1. The third-order valence-corrected chi connectivity index (χ3v) is 4.58. The molecule has 0 fully saturated rings. The number of hydrogen-bond acceptors (Lipinski definition) is 4. The lowest BCUT2D eigenvalue weighted by atomic mass is 9.98. The number of hydrogen-bond donors (Lipinski definition) is 1. The van der Waals surface area contributed by atoms with Gasteiger partial charge in [0.25, 0.3) is 0 Å². The number of aliphatic carboxylic acids is 1. The third-order valence-electron chi connectivity index (χ3n) is 4.34. The second-order valence-corrected chi connectivity index (χ2v) is 6.31. The topological polar surface area (TPSA) is 88.3 Å². The third kappa shape index (κ3) is 2.87. The maximum Gasteiger partial charge on any atom is 0.328 e. The second kappa shape index (κ2) is 6.24. The number of rotatable bonds is 3. The Morgan fingerprint density at radius 2 is 2.12 bits per heavy atom. The number of aryl methyl sites for hydroxylation is 1. The number of nitrogens with zero attached hydrogens (tertiary/aromatic N) is 4. The van der Waals surface area contributed by atoms with Gasteiger partial charge in [0.1, 0.15) is 11.9 Å². The van der Waals surface area contributed by atoms with E-state index in [0.717, 1.165) is 5.56 Å². The van der Waals surface area contributed by atoms with Crippen LogP contribution in [-0.4, -0.2) is 42.7 Å². The monoisotopic (exact) mass is 348 g/mol. The summed E-state index contributed by atoms with van der Waals surface area (Å²) in [6, 6.07) is 6.08. The molecule has 1 aromatic heterocycles. The van der Waals surface area contributed by atoms with Crippen molar-refractivity contribution in [3.05, 3.63) is 46.5 Å². The van der Waals surface area contributed by atoms with Gasteiger partial charge >= 0.3 is 5.97 Å². The quantitative estimate of drug-likeness (QED) is 0.914. The number of carbonyl (C=O) groups excluding carboxylic acids is 1. The van der Waals surface area contributed by atoms with Gasteiger partial charge in [-0.15, -0.1) is 10.2 Å². The number of halogens is 1. The van der Waals surface area contributed by atoms with Crippen LogP contribution in [0, 0.1) is 6.92 Å². The van der Waals surface area contributed by atoms with Crippen molar-refractivity contribution in [2.45, 2.75) is 38.9 Å². The highest BCUT2D eigenvalue weighted by molar-refractivity contribution is 6.30. The van der Waals surface area contributed by atoms with Crippen molar-refractivity contribution in [1.82, 2.24) is 19.7 Å². The molecule has 8 heteroatoms. The molecule has 0 bridgehead atoms. The van der Waals surface area contributed by atoms with E-state index in [0.29, 0.717) is 16.7 Å². The first kappa shape index (κ1) is 16.4. The lowest BCUT2D eigenvalue weighted by molar-refractivity contribution is -0.153. The van der Waals surface area contributed by atoms with Gasteiger partial charge in [-0.1, -0.05) is 23.7 Å². The highest BCUT2D eigenvalue weighted by atomic mass is 35.5. The summed E-state index contributed by atoms with van der Waals surface area (Å²) in [5.74, 6) is -0.569. The Morgan fingerprint density at radius 3 is 2.79 bits per heavy atom. The molecule has 0 radical (unpaired) electrons. The molecule has 1 N–H and O–H groups in total. The average molecular weight is 349 g/mol. The van der Waals surface area contributed by atoms with Gasteiger partial charge in [-0.05, 0) is 31.5 Å². The first-order valence-electron chi connectivity index (χ1n) is 7.56. The molecule has 1 aliphatic heterocycles. The van der Waals surface area contributed by atoms with Gasteiger partial charge < -0.3 is 14.6 Å². The average Bonchev–Trinajstić information content (AvgIpc) is 2.92. The lowest BCUT2D eigenvalue weighted by Gasteiger charge is -2.35. The van der Waals surface area contributed by atoms with Crippen LogP contribution in [0.15, 0.2) is 24.3 Å². The zero-order valence-corrected chi connectivity index (χ0v) is 14.1. The predicted molar refractivity (Wildman–Crippen MR) is 86.6 cm³/mol. The van der Waals surface area contributed by atoms with Crippen molar-refractivity contribution in [3.63, 3.8) is 0 Å². The fourth-order valence-corrected chi connectivity index (χ4v) is 3.12. The molecule has 0 aliphatic carbocycles. The Morgan fingerprint density at radius 1 is 1.38 bits per heavy atom. The Labute approximate surface area is 143 Å². The number of aromatic nitrogens is 3. The molecule has 2 aromatic rings. The minimum absolute atomic E-state index is 0.127. The van der Waals surface area contributed by atoms with E-state index in [9.17, 15) is 14.7 Å². The fourth-order valence-electron chi connectivity index (χ4n) is 2.92. The molecule has 3 rings (SSSR count). The lowest BCUT2D eigenvalue weighted by Crippen LogP contribution is -2.51. The number of carboxylic acids is 1. The zero-order chi connectivity index (χ0) is 17.4. The Balaban J connectivity index is 1.91. The molecule has 126 valence electrons. The van der Waals surface area contributed by atoms with Gasteiger partial charge in [-0.3, -0.25) is 4.79 Å². The molecule has 24 heavy (non-hydrogen) atoms. The van der Waals surface area contributed by atoms with Crippen LogP contribution in [0.3, 0.4) is 0 Å². The van der Waals surface area contributed by atoms with E-state index in [1.54, 1.807) is 42.7 Å². The fraction of sp³-hybridized carbons (Fsp3) is 0.375. The molecular formula is C16H17ClN4O3. The van der Waals surface area contributed by atoms with E-state index in [-0.39, 0.29) is 19.0 Å². The summed E-state index contributed by atoms with van der Waals surface area (Å²) in [5, 5.41) is 18.1. The van der Waals surface area contributed by atoms with Crippen LogP contribution in [0.4, 0.5) is 0 Å². The highest BCUT2D eigenvalue weighted by Gasteiger charge is 2.38. The van der Waals surface area contributed by atoms with Crippen molar-refractivity contribution >= 4 is 23.5 Å². The molecule has 0 saturated carbocycles. The summed E-state index contributed by atoms with van der Waals surface area (Å²) in [6.45, 7) is 3.79. The predicted octanol–water partition coefficient (Wildman–Crippen LogP) is 1.84. The van der Waals surface area contributed by atoms with Crippen molar-refractivity contribution in [2.24, 2.45) is 0 Å². The Hall–Kier alpha value is -2.41. The molecule has 2 unspecified atom stereocenters. The van der Waals surface area contributed by atoms with Crippen molar-refractivity contribution in [3.8, 4) is 0 Å². The first-order chi connectivity index (χ1) is 11.4. The largest absolute Gasteiger partial charge is 0.480 e. The molecule has 1 amide bonds. The van der Waals surface area contributed by atoms with E-state index in [2.05, 4.69) is 10.2 Å². The van der Waals surface area contributed by atoms with Gasteiger partial charge in [0.2, 0.25) is 5.91 Å². The van der Waals surface area contributed by atoms with Crippen LogP contribution >= 0.6 is 11.6 Å². The summed E-state index contributed by atoms with van der Waals surface area (Å²) in [5.41, 5.74) is 0.750. The van der Waals surface area contributed by atoms with E-state index >= 15 is 0 Å². The smallest absolute Gasteiger partial charge is 0.328 e. The zero-order valence-electron chi connectivity index (χ0n) is 13.3. The molecule has 0 saturated heterocycles. The van der Waals surface area contributed by atoms with Crippen molar-refractivity contribution in [2.75, 3.05) is 0 Å². The molecule has 1 aromatic carbocycles. The van der Waals surface area contributed by atoms with E-state index < -0.39 is 17.9 Å². The van der Waals surface area contributed by atoms with E-state index in [1.165, 1.54) is 4.90 Å². The summed E-state index contributed by atoms with van der Waals surface area (Å²) < 4.78 is 1.74. The minimum atomic E-state index is -1.04. The van der Waals surface area contributed by atoms with Crippen LogP contribution in [0.25, 0.3) is 0 Å². The SMILES string of the molecule is Cc1nnc2n1CC(C(=O)O)N(C(=O)C(C)c1cccc(Cl)c1)C2. The molecule has 0 spiro atoms. The number of fused-ring (bicyclic) bond motifs is 1. The van der Waals surface area contributed by atoms with Gasteiger partial charge in [0.05, 0.1) is 19.0 Å². The Bertz CT molecular complexity index is 804. The summed E-state index contributed by atoms with van der Waals surface area (Å²) in [6.07, 6.45) is 0. The van der Waals surface area contributed by atoms with Gasteiger partial charge in [-0.2, -0.15) is 0 Å². The molecule has 2 heterocycles. The van der Waals surface area contributed by atoms with E-state index in [4.69, 9.17) is 11.6 Å². The minimum Gasteiger partial charge on any atom is -0.480 e. The van der Waals surface area contributed by atoms with Crippen molar-refractivity contribution in [1.29, 1.82) is 0 Å². The van der Waals surface area contributed by atoms with Crippen LogP contribution in [0.5, 0.6) is 0 Å². The molecule has 1 aliphatic rings. The van der Waals surface area contributed by atoms with Crippen molar-refractivity contribution < 1.29 is 14.7 Å². The standard InChI is InChI=1S/C16H17ClN4O3/c1-9(11-4-3-5-12(17)6-11)15(22)21-8-14-19-18-10(2)20(14)7-13(21)16(23)24/h3-6,9,13H,7-8H2,1-2H3,(H,23,24). The second-order valence-electron chi connectivity index (χ2n) is 5.87. The summed E-state index contributed by atoms with van der Waals surface area (Å²) >= 11 is 5.99. The van der Waals surface area contributed by atoms with Gasteiger partial charge in [-0.25, -0.2) is 4.79 Å². The van der Waals surface area contributed by atoms with Crippen LogP contribution < -0.4 is 0 Å². The van der Waals surface area contributed by atoms with Gasteiger partial charge in [0.15, 0.2) is 5.82 Å². The summed E-state index contributed by atoms with van der Waals surface area (Å²) in [4.78, 5) is 25.9. The molecular weight excluding hydrogens is 332 g/mol. The van der Waals surface area contributed by atoms with Crippen LogP contribution in [-0.2, 0) is 22.7 Å². The van der Waals surface area contributed by atoms with E-state index in [1.807, 2.05) is 0 Å². The van der Waals surface area contributed by atoms with Crippen LogP contribution in [0.1, 0.15) is 30.1 Å². The van der Waals surface area contributed by atoms with Crippen LogP contribution in [0.2, 0.25) is 5.02 Å². The Kier molecular flexibility index (Phi) is 4.28. The first-order valence-corrected chi connectivity index (χ1v) is 7.93. The maximum absolute atomic E-state index is 12.9.